The second kappa shape index (κ2) is 6.60. The number of benzene rings is 1. The van der Waals surface area contributed by atoms with Gasteiger partial charge in [-0.15, -0.1) is 0 Å². The molecule has 5 nitrogen and oxygen atoms in total. The van der Waals surface area contributed by atoms with E-state index in [1.807, 2.05) is 36.1 Å². The maximum Gasteiger partial charge on any atom is 0.240 e. The lowest BCUT2D eigenvalue weighted by Gasteiger charge is -2.30. The molecule has 23 heavy (non-hydrogen) atoms. The van der Waals surface area contributed by atoms with Crippen LogP contribution in [-0.2, 0) is 9.59 Å². The van der Waals surface area contributed by atoms with Crippen LogP contribution in [0.25, 0.3) is 0 Å². The van der Waals surface area contributed by atoms with E-state index in [-0.39, 0.29) is 11.8 Å². The molecule has 0 unspecified atom stereocenters. The fraction of sp³-hybridized carbons (Fsp3) is 0.556. The van der Waals surface area contributed by atoms with Crippen molar-refractivity contribution in [2.24, 2.45) is 5.41 Å². The number of piperidine rings is 1. The van der Waals surface area contributed by atoms with E-state index in [4.69, 9.17) is 4.74 Å². The van der Waals surface area contributed by atoms with Crippen LogP contribution >= 0.6 is 0 Å². The maximum absolute atomic E-state index is 12.7. The molecule has 124 valence electrons. The zero-order valence-electron chi connectivity index (χ0n) is 13.6. The average molecular weight is 316 g/mol. The average Bonchev–Trinajstić information content (AvgIpc) is 3.39. The van der Waals surface area contributed by atoms with Gasteiger partial charge in [0.05, 0.1) is 6.61 Å². The Balaban J connectivity index is 1.63. The van der Waals surface area contributed by atoms with E-state index < -0.39 is 5.41 Å². The van der Waals surface area contributed by atoms with Gasteiger partial charge in [-0.2, -0.15) is 0 Å². The number of ether oxygens (including phenoxy) is 1. The number of anilines is 1. The van der Waals surface area contributed by atoms with Gasteiger partial charge in [0, 0.05) is 18.8 Å². The zero-order chi connectivity index (χ0) is 16.3. The quantitative estimate of drug-likeness (QED) is 0.850. The number of carbonyl (C=O) groups excluding carboxylic acids is 2. The fourth-order valence-corrected chi connectivity index (χ4v) is 3.11. The Labute approximate surface area is 137 Å². The third kappa shape index (κ3) is 3.33. The molecular formula is C18H24N2O3. The monoisotopic (exact) mass is 316 g/mol. The largest absolute Gasteiger partial charge is 0.494 e. The molecule has 0 atom stereocenters. The van der Waals surface area contributed by atoms with Crippen LogP contribution in [-0.4, -0.2) is 36.4 Å². The molecule has 2 aliphatic rings. The van der Waals surface area contributed by atoms with Gasteiger partial charge < -0.3 is 15.0 Å². The number of hydrogen-bond donors (Lipinski definition) is 1. The van der Waals surface area contributed by atoms with E-state index in [1.165, 1.54) is 6.42 Å². The molecule has 1 aromatic rings. The first kappa shape index (κ1) is 15.8. The Morgan fingerprint density at radius 3 is 2.35 bits per heavy atom. The highest BCUT2D eigenvalue weighted by Crippen LogP contribution is 2.48. The van der Waals surface area contributed by atoms with Crippen LogP contribution in [0.15, 0.2) is 24.3 Å². The molecule has 2 fully saturated rings. The summed E-state index contributed by atoms with van der Waals surface area (Å²) in [6.45, 7) is 4.12. The lowest BCUT2D eigenvalue weighted by Crippen LogP contribution is -2.45. The summed E-state index contributed by atoms with van der Waals surface area (Å²) in [7, 11) is 0. The zero-order valence-corrected chi connectivity index (χ0v) is 13.6. The summed E-state index contributed by atoms with van der Waals surface area (Å²) in [6, 6.07) is 7.27. The minimum absolute atomic E-state index is 0.0145. The van der Waals surface area contributed by atoms with Crippen LogP contribution in [0, 0.1) is 5.41 Å². The molecule has 1 saturated carbocycles. The Bertz CT molecular complexity index is 572. The van der Waals surface area contributed by atoms with Gasteiger partial charge in [0.15, 0.2) is 0 Å². The van der Waals surface area contributed by atoms with E-state index in [0.717, 1.165) is 31.7 Å². The second-order valence-electron chi connectivity index (χ2n) is 6.35. The summed E-state index contributed by atoms with van der Waals surface area (Å²) >= 11 is 0. The number of rotatable bonds is 5. The van der Waals surface area contributed by atoms with Gasteiger partial charge in [-0.05, 0) is 63.3 Å². The molecule has 1 saturated heterocycles. The molecule has 1 aliphatic heterocycles. The topological polar surface area (TPSA) is 58.6 Å². The smallest absolute Gasteiger partial charge is 0.240 e. The molecule has 0 radical (unpaired) electrons. The molecule has 0 aromatic heterocycles. The number of nitrogens with zero attached hydrogens (tertiary/aromatic N) is 1. The minimum Gasteiger partial charge on any atom is -0.494 e. The van der Waals surface area contributed by atoms with Gasteiger partial charge in [0.25, 0.3) is 0 Å². The predicted octanol–water partition coefficient (Wildman–Crippen LogP) is 2.82. The normalized spacial score (nSPS) is 19.1. The Kier molecular flexibility index (Phi) is 4.55. The molecule has 5 heteroatoms. The summed E-state index contributed by atoms with van der Waals surface area (Å²) in [5.41, 5.74) is -0.119. The van der Waals surface area contributed by atoms with Gasteiger partial charge in [-0.25, -0.2) is 0 Å². The molecule has 0 spiro atoms. The van der Waals surface area contributed by atoms with Crippen molar-refractivity contribution in [3.05, 3.63) is 24.3 Å². The van der Waals surface area contributed by atoms with Gasteiger partial charge in [0.1, 0.15) is 11.2 Å². The van der Waals surface area contributed by atoms with Gasteiger partial charge in [0.2, 0.25) is 11.8 Å². The van der Waals surface area contributed by atoms with Crippen molar-refractivity contribution >= 4 is 17.5 Å². The maximum atomic E-state index is 12.7. The van der Waals surface area contributed by atoms with Gasteiger partial charge in [-0.3, -0.25) is 9.59 Å². The predicted molar refractivity (Wildman–Crippen MR) is 88.3 cm³/mol. The van der Waals surface area contributed by atoms with E-state index in [9.17, 15) is 9.59 Å². The lowest BCUT2D eigenvalue weighted by molar-refractivity contribution is -0.143. The summed E-state index contributed by atoms with van der Waals surface area (Å²) in [5.74, 6) is 0.619. The number of hydrogen-bond acceptors (Lipinski definition) is 3. The van der Waals surface area contributed by atoms with E-state index in [2.05, 4.69) is 5.32 Å². The number of likely N-dealkylation sites (tertiary alicyclic amines) is 1. The standard InChI is InChI=1S/C18H24N2O3/c1-2-23-15-8-6-14(7-9-15)19-16(21)18(10-11-18)17(22)20-12-4-3-5-13-20/h6-9H,2-5,10-13H2,1H3,(H,19,21). The molecular weight excluding hydrogens is 292 g/mol. The van der Waals surface area contributed by atoms with E-state index in [1.54, 1.807) is 0 Å². The number of carbonyl (C=O) groups is 2. The summed E-state index contributed by atoms with van der Waals surface area (Å²) in [5, 5.41) is 2.89. The van der Waals surface area contributed by atoms with Crippen molar-refractivity contribution in [1.29, 1.82) is 0 Å². The third-order valence-corrected chi connectivity index (χ3v) is 4.66. The Morgan fingerprint density at radius 2 is 1.78 bits per heavy atom. The van der Waals surface area contributed by atoms with Crippen molar-refractivity contribution in [1.82, 2.24) is 4.90 Å². The fourth-order valence-electron chi connectivity index (χ4n) is 3.11. The molecule has 1 aromatic carbocycles. The molecule has 0 bridgehead atoms. The number of nitrogens with one attached hydrogen (secondary N) is 1. The van der Waals surface area contributed by atoms with Crippen LogP contribution in [0.4, 0.5) is 5.69 Å². The highest BCUT2D eigenvalue weighted by atomic mass is 16.5. The highest BCUT2D eigenvalue weighted by molar-refractivity contribution is 6.13. The highest BCUT2D eigenvalue weighted by Gasteiger charge is 2.58. The summed E-state index contributed by atoms with van der Waals surface area (Å²) in [6.07, 6.45) is 4.58. The molecule has 1 aliphatic carbocycles. The molecule has 2 amide bonds. The van der Waals surface area contributed by atoms with E-state index in [0.29, 0.717) is 25.1 Å². The first-order valence-corrected chi connectivity index (χ1v) is 8.49. The van der Waals surface area contributed by atoms with Gasteiger partial charge >= 0.3 is 0 Å². The van der Waals surface area contributed by atoms with Crippen LogP contribution in [0.5, 0.6) is 5.75 Å². The van der Waals surface area contributed by atoms with Crippen molar-refractivity contribution in [3.63, 3.8) is 0 Å². The minimum atomic E-state index is -0.823. The molecule has 1 N–H and O–H groups in total. The van der Waals surface area contributed by atoms with Crippen LogP contribution in [0.1, 0.15) is 39.0 Å². The summed E-state index contributed by atoms with van der Waals surface area (Å²) < 4.78 is 5.39. The van der Waals surface area contributed by atoms with E-state index >= 15 is 0 Å². The van der Waals surface area contributed by atoms with Crippen LogP contribution < -0.4 is 10.1 Å². The first-order valence-electron chi connectivity index (χ1n) is 8.49. The van der Waals surface area contributed by atoms with Crippen molar-refractivity contribution in [3.8, 4) is 5.75 Å². The summed E-state index contributed by atoms with van der Waals surface area (Å²) in [4.78, 5) is 27.2. The third-order valence-electron chi connectivity index (χ3n) is 4.66. The molecule has 1 heterocycles. The lowest BCUT2D eigenvalue weighted by atomic mass is 10.0. The second-order valence-corrected chi connectivity index (χ2v) is 6.35. The number of amides is 2. The Morgan fingerprint density at radius 1 is 1.13 bits per heavy atom. The Hall–Kier alpha value is -2.04. The van der Waals surface area contributed by atoms with Crippen LogP contribution in [0.2, 0.25) is 0 Å². The van der Waals surface area contributed by atoms with Crippen molar-refractivity contribution in [2.75, 3.05) is 25.0 Å². The van der Waals surface area contributed by atoms with Crippen molar-refractivity contribution < 1.29 is 14.3 Å². The van der Waals surface area contributed by atoms with Crippen LogP contribution in [0.3, 0.4) is 0 Å². The van der Waals surface area contributed by atoms with Crippen molar-refractivity contribution in [2.45, 2.75) is 39.0 Å². The SMILES string of the molecule is CCOc1ccc(NC(=O)C2(C(=O)N3CCCCC3)CC2)cc1. The molecule has 3 rings (SSSR count). The van der Waals surface area contributed by atoms with Gasteiger partial charge in [-0.1, -0.05) is 0 Å². The first-order chi connectivity index (χ1) is 11.2.